The van der Waals surface area contributed by atoms with E-state index in [0.29, 0.717) is 11.4 Å². The largest absolute Gasteiger partial charge is 0.465 e. The van der Waals surface area contributed by atoms with Gasteiger partial charge in [0.15, 0.2) is 0 Å². The molecule has 0 aliphatic carbocycles. The van der Waals surface area contributed by atoms with E-state index in [4.69, 9.17) is 8.94 Å². The van der Waals surface area contributed by atoms with Crippen LogP contribution in [0.1, 0.15) is 16.2 Å². The van der Waals surface area contributed by atoms with E-state index in [1.807, 2.05) is 6.07 Å². The molecule has 0 aliphatic rings. The molecule has 0 fully saturated rings. The van der Waals surface area contributed by atoms with Crippen molar-refractivity contribution in [2.24, 2.45) is 0 Å². The van der Waals surface area contributed by atoms with E-state index in [-0.39, 0.29) is 5.69 Å². The van der Waals surface area contributed by atoms with Crippen LogP contribution in [-0.2, 0) is 0 Å². The Morgan fingerprint density at radius 3 is 2.67 bits per heavy atom. The second-order valence-electron chi connectivity index (χ2n) is 4.21. The van der Waals surface area contributed by atoms with Crippen molar-refractivity contribution in [3.05, 3.63) is 76.7 Å². The smallest absolute Gasteiger partial charge is 0.439 e. The van der Waals surface area contributed by atoms with Crippen molar-refractivity contribution in [3.8, 4) is 5.69 Å². The van der Waals surface area contributed by atoms with E-state index in [1.54, 1.807) is 36.4 Å². The summed E-state index contributed by atoms with van der Waals surface area (Å²) in [5.74, 6) is 0.0415. The normalized spacial score (nSPS) is 11.0. The fourth-order valence-corrected chi connectivity index (χ4v) is 1.86. The van der Waals surface area contributed by atoms with Crippen LogP contribution in [0.3, 0.4) is 0 Å². The number of H-pyrrole nitrogens is 1. The van der Waals surface area contributed by atoms with Gasteiger partial charge in [0.2, 0.25) is 5.69 Å². The van der Waals surface area contributed by atoms with Crippen molar-refractivity contribution < 1.29 is 18.4 Å². The highest BCUT2D eigenvalue weighted by atomic mass is 16.5. The summed E-state index contributed by atoms with van der Waals surface area (Å²) in [5.41, 5.74) is -0.213. The number of benzene rings is 1. The summed E-state index contributed by atoms with van der Waals surface area (Å²) < 4.78 is 11.1. The maximum absolute atomic E-state index is 12.2. The minimum atomic E-state index is -0.729. The van der Waals surface area contributed by atoms with Crippen LogP contribution in [0.5, 0.6) is 0 Å². The van der Waals surface area contributed by atoms with Gasteiger partial charge >= 0.3 is 11.3 Å². The average molecular weight is 283 g/mol. The summed E-state index contributed by atoms with van der Waals surface area (Å²) in [7, 11) is 0. The van der Waals surface area contributed by atoms with Gasteiger partial charge in [-0.2, -0.15) is 0 Å². The first kappa shape index (κ1) is 12.9. The van der Waals surface area contributed by atoms with E-state index in [1.165, 1.54) is 23.1 Å². The Hall–Kier alpha value is -3.15. The minimum absolute atomic E-state index is 0.107. The second-order valence-corrected chi connectivity index (χ2v) is 4.21. The Morgan fingerprint density at radius 1 is 1.14 bits per heavy atom. The topological polar surface area (TPSA) is 80.1 Å². The first-order valence-corrected chi connectivity index (χ1v) is 6.20. The van der Waals surface area contributed by atoms with Gasteiger partial charge in [0, 0.05) is 12.1 Å². The average Bonchev–Trinajstić information content (AvgIpc) is 3.15. The molecule has 3 aromatic rings. The third-order valence-electron chi connectivity index (χ3n) is 2.84. The van der Waals surface area contributed by atoms with E-state index in [2.05, 4.69) is 5.27 Å². The molecule has 6 nitrogen and oxygen atoms in total. The first-order valence-electron chi connectivity index (χ1n) is 6.20. The van der Waals surface area contributed by atoms with Gasteiger partial charge in [-0.15, -0.1) is 0 Å². The molecule has 0 bridgehead atoms. The number of hydrogen-bond acceptors (Lipinski definition) is 4. The van der Waals surface area contributed by atoms with Crippen molar-refractivity contribution in [1.82, 2.24) is 5.27 Å². The Labute approximate surface area is 118 Å². The van der Waals surface area contributed by atoms with E-state index in [9.17, 15) is 9.59 Å². The van der Waals surface area contributed by atoms with Crippen LogP contribution in [0, 0.1) is 0 Å². The number of carbonyl (C=O) groups is 1. The second kappa shape index (κ2) is 5.46. The molecular formula is C15H11N2O4+. The lowest BCUT2D eigenvalue weighted by molar-refractivity contribution is -0.672. The third-order valence-corrected chi connectivity index (χ3v) is 2.84. The van der Waals surface area contributed by atoms with Crippen LogP contribution < -0.4 is 10.3 Å². The number of furan rings is 1. The lowest BCUT2D eigenvalue weighted by atomic mass is 10.2. The number of allylic oxidation sites excluding steroid dienone is 1. The highest BCUT2D eigenvalue weighted by molar-refractivity contribution is 6.04. The molecule has 6 heteroatoms. The van der Waals surface area contributed by atoms with Crippen molar-refractivity contribution in [1.29, 1.82) is 0 Å². The zero-order valence-electron chi connectivity index (χ0n) is 10.9. The molecular weight excluding hydrogens is 272 g/mol. The van der Waals surface area contributed by atoms with Crippen LogP contribution in [0.25, 0.3) is 11.8 Å². The number of nitrogens with one attached hydrogen (secondary N) is 1. The Morgan fingerprint density at radius 2 is 1.95 bits per heavy atom. The number of nitrogens with zero attached hydrogens (tertiary/aromatic N) is 1. The van der Waals surface area contributed by atoms with Crippen LogP contribution in [-0.4, -0.2) is 11.1 Å². The maximum atomic E-state index is 12.2. The van der Waals surface area contributed by atoms with Crippen molar-refractivity contribution >= 4 is 11.9 Å². The van der Waals surface area contributed by atoms with Crippen LogP contribution in [0.15, 0.2) is 68.5 Å². The molecule has 0 aliphatic heterocycles. The van der Waals surface area contributed by atoms with Gasteiger partial charge in [-0.05, 0) is 34.2 Å². The summed E-state index contributed by atoms with van der Waals surface area (Å²) in [6.07, 6.45) is 4.25. The van der Waals surface area contributed by atoms with Gasteiger partial charge in [-0.25, -0.2) is 4.79 Å². The highest BCUT2D eigenvalue weighted by Crippen LogP contribution is 2.04. The predicted molar refractivity (Wildman–Crippen MR) is 72.9 cm³/mol. The maximum Gasteiger partial charge on any atom is 0.439 e. The molecule has 21 heavy (non-hydrogen) atoms. The highest BCUT2D eigenvalue weighted by Gasteiger charge is 2.28. The summed E-state index contributed by atoms with van der Waals surface area (Å²) in [4.78, 5) is 23.9. The fourth-order valence-electron chi connectivity index (χ4n) is 1.86. The van der Waals surface area contributed by atoms with Gasteiger partial charge in [0.1, 0.15) is 5.76 Å². The summed E-state index contributed by atoms with van der Waals surface area (Å²) >= 11 is 0. The summed E-state index contributed by atoms with van der Waals surface area (Å²) in [6, 6.07) is 12.3. The Kier molecular flexibility index (Phi) is 3.34. The number of aromatic amines is 1. The number of rotatable bonds is 4. The molecule has 0 radical (unpaired) electrons. The van der Waals surface area contributed by atoms with Gasteiger partial charge < -0.3 is 4.42 Å². The molecule has 104 valence electrons. The van der Waals surface area contributed by atoms with Gasteiger partial charge in [0.05, 0.1) is 6.26 Å². The number of ketones is 1. The van der Waals surface area contributed by atoms with Gasteiger partial charge in [-0.1, -0.05) is 18.2 Å². The molecule has 0 atom stereocenters. The molecule has 0 spiro atoms. The molecule has 3 rings (SSSR count). The van der Waals surface area contributed by atoms with E-state index >= 15 is 0 Å². The molecule has 0 amide bonds. The quantitative estimate of drug-likeness (QED) is 0.449. The van der Waals surface area contributed by atoms with Crippen molar-refractivity contribution in [3.63, 3.8) is 0 Å². The van der Waals surface area contributed by atoms with E-state index < -0.39 is 11.4 Å². The van der Waals surface area contributed by atoms with Crippen LogP contribution in [0.4, 0.5) is 0 Å². The molecule has 0 unspecified atom stereocenters. The number of hydrogen-bond donors (Lipinski definition) is 1. The zero-order chi connectivity index (χ0) is 14.7. The fraction of sp³-hybridized carbons (Fsp3) is 0. The van der Waals surface area contributed by atoms with Crippen molar-refractivity contribution in [2.45, 2.75) is 0 Å². The van der Waals surface area contributed by atoms with Crippen LogP contribution in [0.2, 0.25) is 0 Å². The monoisotopic (exact) mass is 283 g/mol. The van der Waals surface area contributed by atoms with Crippen molar-refractivity contribution in [2.75, 3.05) is 0 Å². The molecule has 2 heterocycles. The Bertz CT molecular complexity index is 826. The molecule has 2 aromatic heterocycles. The predicted octanol–water partition coefficient (Wildman–Crippen LogP) is 1.73. The van der Waals surface area contributed by atoms with Gasteiger partial charge in [0.25, 0.3) is 5.78 Å². The summed E-state index contributed by atoms with van der Waals surface area (Å²) in [5, 5.41) is 2.42. The van der Waals surface area contributed by atoms with Gasteiger partial charge in [-0.3, -0.25) is 9.32 Å². The summed E-state index contributed by atoms with van der Waals surface area (Å²) in [6.45, 7) is 0. The minimum Gasteiger partial charge on any atom is -0.465 e. The van der Waals surface area contributed by atoms with Crippen LogP contribution >= 0.6 is 0 Å². The molecule has 1 aromatic carbocycles. The van der Waals surface area contributed by atoms with E-state index in [0.717, 1.165) is 0 Å². The molecule has 1 N–H and O–H groups in total. The lowest BCUT2D eigenvalue weighted by Gasteiger charge is -1.90. The third kappa shape index (κ3) is 2.59. The number of carbonyl (C=O) groups excluding carboxylic acids is 1. The molecule has 0 saturated carbocycles. The first-order chi connectivity index (χ1) is 10.3. The standard InChI is InChI=1S/C15H10N2O4/c18-13(9-8-12-7-4-10-20-12)14-15(19)21-16-17(14)11-5-2-1-3-6-11/h1-10H/p+1/b9-8+. The number of aromatic nitrogens is 2. The SMILES string of the molecule is O=C(/C=C/c1ccco1)c1c(=O)o[nH][n+]1-c1ccccc1. The lowest BCUT2D eigenvalue weighted by Crippen LogP contribution is -2.40. The Balaban J connectivity index is 1.97. The number of para-hydroxylation sites is 1. The molecule has 0 saturated heterocycles. The zero-order valence-corrected chi connectivity index (χ0v) is 10.9.